The van der Waals surface area contributed by atoms with Crippen LogP contribution in [0.4, 0.5) is 5.69 Å². The van der Waals surface area contributed by atoms with Crippen molar-refractivity contribution in [2.45, 2.75) is 20.8 Å². The molecule has 0 spiro atoms. The summed E-state index contributed by atoms with van der Waals surface area (Å²) >= 11 is 8.59. The van der Waals surface area contributed by atoms with Gasteiger partial charge in [-0.2, -0.15) is 0 Å². The van der Waals surface area contributed by atoms with E-state index in [0.29, 0.717) is 35.1 Å². The maximum atomic E-state index is 12.6. The predicted octanol–water partition coefficient (Wildman–Crippen LogP) is 4.81. The fourth-order valence-electron chi connectivity index (χ4n) is 2.21. The number of hydrogen-bond donors (Lipinski definition) is 2. The molecule has 7 heteroatoms. The first-order valence-electron chi connectivity index (χ1n) is 8.42. The number of nitrogens with one attached hydrogen (secondary N) is 2. The Morgan fingerprint density at radius 3 is 2.59 bits per heavy atom. The van der Waals surface area contributed by atoms with Gasteiger partial charge in [0.2, 0.25) is 0 Å². The Kier molecular flexibility index (Phi) is 7.50. The maximum absolute atomic E-state index is 12.6. The number of halogens is 1. The molecule has 0 aliphatic carbocycles. The fraction of sp³-hybridized carbons (Fsp3) is 0.250. The molecule has 0 unspecified atom stereocenters. The Bertz CT molecular complexity index is 868. The van der Waals surface area contributed by atoms with Crippen LogP contribution in [0.2, 0.25) is 0 Å². The molecule has 0 aromatic heterocycles. The number of Topliss-reactive ketones (excluding diaryl/α,β-unsaturated/α-hetero) is 1. The van der Waals surface area contributed by atoms with Crippen LogP contribution in [0, 0.1) is 5.92 Å². The average molecular weight is 449 g/mol. The molecule has 142 valence electrons. The number of thiocarbonyl (C=S) groups is 1. The number of ether oxygens (including phenoxy) is 1. The van der Waals surface area contributed by atoms with Gasteiger partial charge in [0.05, 0.1) is 12.2 Å². The van der Waals surface area contributed by atoms with Crippen LogP contribution in [0.5, 0.6) is 5.75 Å². The molecule has 0 saturated carbocycles. The van der Waals surface area contributed by atoms with Crippen LogP contribution in [0.1, 0.15) is 41.5 Å². The summed E-state index contributed by atoms with van der Waals surface area (Å²) < 4.78 is 6.50. The molecule has 0 radical (unpaired) electrons. The molecule has 1 amide bonds. The largest absolute Gasteiger partial charge is 0.492 e. The van der Waals surface area contributed by atoms with E-state index in [1.54, 1.807) is 36.4 Å². The Balaban J connectivity index is 2.10. The molecule has 0 bridgehead atoms. The van der Waals surface area contributed by atoms with E-state index >= 15 is 0 Å². The Morgan fingerprint density at radius 2 is 1.93 bits per heavy atom. The van der Waals surface area contributed by atoms with Crippen molar-refractivity contribution in [3.63, 3.8) is 0 Å². The molecular weight excluding hydrogens is 428 g/mol. The highest BCUT2D eigenvalue weighted by Gasteiger charge is 2.15. The zero-order chi connectivity index (χ0) is 20.0. The van der Waals surface area contributed by atoms with E-state index in [9.17, 15) is 9.59 Å². The second-order valence-electron chi connectivity index (χ2n) is 6.39. The summed E-state index contributed by atoms with van der Waals surface area (Å²) in [5.41, 5.74) is 1.57. The summed E-state index contributed by atoms with van der Waals surface area (Å²) in [5.74, 6) is 0.400. The van der Waals surface area contributed by atoms with E-state index in [2.05, 4.69) is 26.6 Å². The number of anilines is 1. The van der Waals surface area contributed by atoms with Crippen molar-refractivity contribution in [2.24, 2.45) is 5.92 Å². The van der Waals surface area contributed by atoms with Gasteiger partial charge in [-0.25, -0.2) is 0 Å². The number of hydrogen-bond acceptors (Lipinski definition) is 4. The monoisotopic (exact) mass is 448 g/mol. The zero-order valence-corrected chi connectivity index (χ0v) is 17.7. The van der Waals surface area contributed by atoms with Crippen molar-refractivity contribution < 1.29 is 14.3 Å². The summed E-state index contributed by atoms with van der Waals surface area (Å²) in [6.45, 7) is 6.06. The number of rotatable bonds is 6. The van der Waals surface area contributed by atoms with Crippen molar-refractivity contribution in [2.75, 3.05) is 11.9 Å². The lowest BCUT2D eigenvalue weighted by atomic mass is 10.1. The molecule has 2 N–H and O–H groups in total. The molecular formula is C20H21BrN2O3S. The van der Waals surface area contributed by atoms with Gasteiger partial charge in [-0.05, 0) is 55.4 Å². The van der Waals surface area contributed by atoms with E-state index in [4.69, 9.17) is 17.0 Å². The molecule has 0 aliphatic heterocycles. The SMILES string of the molecule is CC(=O)c1cccc(NC(=S)NC(=O)c2cc(Br)ccc2OCC(C)C)c1. The summed E-state index contributed by atoms with van der Waals surface area (Å²) in [6, 6.07) is 12.2. The number of benzene rings is 2. The fourth-order valence-corrected chi connectivity index (χ4v) is 2.78. The minimum absolute atomic E-state index is 0.0466. The second-order valence-corrected chi connectivity index (χ2v) is 7.71. The molecule has 27 heavy (non-hydrogen) atoms. The van der Waals surface area contributed by atoms with Crippen molar-refractivity contribution in [3.8, 4) is 5.75 Å². The standard InChI is InChI=1S/C20H21BrN2O3S/c1-12(2)11-26-18-8-7-15(21)10-17(18)19(25)23-20(27)22-16-6-4-5-14(9-16)13(3)24/h4-10,12H,11H2,1-3H3,(H2,22,23,25,27). The third kappa shape index (κ3) is 6.45. The number of ketones is 1. The van der Waals surface area contributed by atoms with Crippen molar-refractivity contribution in [1.82, 2.24) is 5.32 Å². The minimum atomic E-state index is -0.379. The van der Waals surface area contributed by atoms with Crippen molar-refractivity contribution >= 4 is 50.6 Å². The molecule has 2 aromatic rings. The molecule has 0 heterocycles. The van der Waals surface area contributed by atoms with Gasteiger partial charge in [-0.15, -0.1) is 0 Å². The Morgan fingerprint density at radius 1 is 1.19 bits per heavy atom. The number of carbonyl (C=O) groups is 2. The molecule has 0 aliphatic rings. The topological polar surface area (TPSA) is 67.4 Å². The van der Waals surface area contributed by atoms with E-state index in [1.165, 1.54) is 6.92 Å². The molecule has 0 saturated heterocycles. The van der Waals surface area contributed by atoms with E-state index < -0.39 is 0 Å². The van der Waals surface area contributed by atoms with Gasteiger partial charge >= 0.3 is 0 Å². The lowest BCUT2D eigenvalue weighted by molar-refractivity contribution is 0.0971. The molecule has 2 aromatic carbocycles. The maximum Gasteiger partial charge on any atom is 0.261 e. The van der Waals surface area contributed by atoms with Gasteiger partial charge in [0.15, 0.2) is 10.9 Å². The van der Waals surface area contributed by atoms with E-state index in [1.807, 2.05) is 19.9 Å². The highest BCUT2D eigenvalue weighted by molar-refractivity contribution is 9.10. The van der Waals surface area contributed by atoms with Crippen LogP contribution in [0.25, 0.3) is 0 Å². The Hall–Kier alpha value is -2.25. The third-order valence-corrected chi connectivity index (χ3v) is 4.21. The Labute approximate surface area is 172 Å². The number of carbonyl (C=O) groups excluding carboxylic acids is 2. The normalized spacial score (nSPS) is 10.4. The smallest absolute Gasteiger partial charge is 0.261 e. The molecule has 0 atom stereocenters. The minimum Gasteiger partial charge on any atom is -0.492 e. The summed E-state index contributed by atoms with van der Waals surface area (Å²) in [4.78, 5) is 24.1. The molecule has 0 fully saturated rings. The van der Waals surface area contributed by atoms with Gasteiger partial charge in [-0.1, -0.05) is 41.9 Å². The van der Waals surface area contributed by atoms with Gasteiger partial charge < -0.3 is 10.1 Å². The van der Waals surface area contributed by atoms with Gasteiger partial charge in [0.1, 0.15) is 5.75 Å². The van der Waals surface area contributed by atoms with Crippen LogP contribution in [-0.4, -0.2) is 23.4 Å². The predicted molar refractivity (Wildman–Crippen MR) is 115 cm³/mol. The van der Waals surface area contributed by atoms with Gasteiger partial charge in [0, 0.05) is 15.7 Å². The van der Waals surface area contributed by atoms with E-state index in [-0.39, 0.29) is 16.8 Å². The third-order valence-electron chi connectivity index (χ3n) is 3.51. The van der Waals surface area contributed by atoms with Crippen LogP contribution in [-0.2, 0) is 0 Å². The summed E-state index contributed by atoms with van der Waals surface area (Å²) in [7, 11) is 0. The number of amides is 1. The summed E-state index contributed by atoms with van der Waals surface area (Å²) in [6.07, 6.45) is 0. The average Bonchev–Trinajstić information content (AvgIpc) is 2.60. The van der Waals surface area contributed by atoms with Crippen molar-refractivity contribution in [1.29, 1.82) is 0 Å². The van der Waals surface area contributed by atoms with E-state index in [0.717, 1.165) is 4.47 Å². The summed E-state index contributed by atoms with van der Waals surface area (Å²) in [5, 5.41) is 5.70. The van der Waals surface area contributed by atoms with Gasteiger partial charge in [0.25, 0.3) is 5.91 Å². The first kappa shape index (κ1) is 21.1. The van der Waals surface area contributed by atoms with Crippen LogP contribution in [0.3, 0.4) is 0 Å². The second kappa shape index (κ2) is 9.62. The van der Waals surface area contributed by atoms with Crippen LogP contribution >= 0.6 is 28.1 Å². The lowest BCUT2D eigenvalue weighted by Crippen LogP contribution is -2.34. The first-order valence-corrected chi connectivity index (χ1v) is 9.62. The first-order chi connectivity index (χ1) is 12.8. The zero-order valence-electron chi connectivity index (χ0n) is 15.3. The molecule has 2 rings (SSSR count). The van der Waals surface area contributed by atoms with Crippen molar-refractivity contribution in [3.05, 3.63) is 58.1 Å². The highest BCUT2D eigenvalue weighted by atomic mass is 79.9. The lowest BCUT2D eigenvalue weighted by Gasteiger charge is -2.14. The van der Waals surface area contributed by atoms with Crippen LogP contribution in [0.15, 0.2) is 46.9 Å². The molecule has 5 nitrogen and oxygen atoms in total. The quantitative estimate of drug-likeness (QED) is 0.489. The highest BCUT2D eigenvalue weighted by Crippen LogP contribution is 2.24. The van der Waals surface area contributed by atoms with Crippen LogP contribution < -0.4 is 15.4 Å². The van der Waals surface area contributed by atoms with Gasteiger partial charge in [-0.3, -0.25) is 14.9 Å².